The minimum atomic E-state index is -3.89. The van der Waals surface area contributed by atoms with Crippen LogP contribution in [0.5, 0.6) is 0 Å². The van der Waals surface area contributed by atoms with Crippen LogP contribution in [-0.4, -0.2) is 49.7 Å². The molecule has 1 saturated heterocycles. The first kappa shape index (κ1) is 12.2. The van der Waals surface area contributed by atoms with E-state index >= 15 is 0 Å². The predicted octanol–water partition coefficient (Wildman–Crippen LogP) is -0.956. The Bertz CT molecular complexity index is 350. The van der Waals surface area contributed by atoms with Crippen molar-refractivity contribution < 1.29 is 23.1 Å². The zero-order valence-electron chi connectivity index (χ0n) is 8.56. The highest BCUT2D eigenvalue weighted by Crippen LogP contribution is 2.21. The van der Waals surface area contributed by atoms with Crippen LogP contribution < -0.4 is 4.72 Å². The first-order valence-corrected chi connectivity index (χ1v) is 5.79. The number of methoxy groups -OCH3 is 1. The Morgan fingerprint density at radius 3 is 2.60 bits per heavy atom. The molecule has 8 heteroatoms. The molecule has 88 valence electrons. The van der Waals surface area contributed by atoms with E-state index in [9.17, 15) is 18.3 Å². The van der Waals surface area contributed by atoms with E-state index in [1.54, 1.807) is 11.6 Å². The zero-order valence-corrected chi connectivity index (χ0v) is 9.37. The average Bonchev–Trinajstić information content (AvgIpc) is 2.45. The van der Waals surface area contributed by atoms with Gasteiger partial charge in [-0.3, -0.25) is 0 Å². The third-order valence-electron chi connectivity index (χ3n) is 2.15. The average molecular weight is 238 g/mol. The Kier molecular flexibility index (Phi) is 3.22. The molecule has 1 atom stereocenters. The molecule has 15 heavy (non-hydrogen) atoms. The lowest BCUT2D eigenvalue weighted by Gasteiger charge is -2.18. The van der Waals surface area contributed by atoms with Crippen molar-refractivity contribution in [1.29, 1.82) is 0 Å². The minimum Gasteiger partial charge on any atom is -0.452 e. The zero-order chi connectivity index (χ0) is 11.7. The van der Waals surface area contributed by atoms with Gasteiger partial charge >= 0.3 is 16.3 Å². The number of β-amino-alcohol motifs (C(OH)–C–C–N with tert-alkyl or cyclic N) is 1. The summed E-state index contributed by atoms with van der Waals surface area (Å²) < 4.78 is 29.9. The second-order valence-electron chi connectivity index (χ2n) is 3.68. The van der Waals surface area contributed by atoms with Crippen LogP contribution in [0.1, 0.15) is 13.3 Å². The minimum absolute atomic E-state index is 0.0284. The number of amides is 1. The molecule has 0 aliphatic carbocycles. The summed E-state index contributed by atoms with van der Waals surface area (Å²) in [5.41, 5.74) is -1.04. The smallest absolute Gasteiger partial charge is 0.421 e. The number of nitrogens with one attached hydrogen (secondary N) is 1. The van der Waals surface area contributed by atoms with Crippen LogP contribution in [0.3, 0.4) is 0 Å². The van der Waals surface area contributed by atoms with E-state index < -0.39 is 21.9 Å². The number of hydrogen-bond acceptors (Lipinski definition) is 5. The predicted molar refractivity (Wildman–Crippen MR) is 51.3 cm³/mol. The van der Waals surface area contributed by atoms with Crippen molar-refractivity contribution in [3.8, 4) is 0 Å². The van der Waals surface area contributed by atoms with E-state index in [1.807, 2.05) is 0 Å². The quantitative estimate of drug-likeness (QED) is 0.646. The molecule has 0 spiro atoms. The highest BCUT2D eigenvalue weighted by molar-refractivity contribution is 7.87. The second-order valence-corrected chi connectivity index (χ2v) is 5.35. The molecule has 0 aromatic carbocycles. The number of rotatable bonds is 2. The third kappa shape index (κ3) is 3.05. The summed E-state index contributed by atoms with van der Waals surface area (Å²) in [6.07, 6.45) is -0.698. The number of hydrogen-bond donors (Lipinski definition) is 2. The SMILES string of the molecule is COC(=O)NS(=O)(=O)N1CCC(C)(O)C1. The van der Waals surface area contributed by atoms with Crippen molar-refractivity contribution in [2.45, 2.75) is 18.9 Å². The molecule has 0 bridgehead atoms. The van der Waals surface area contributed by atoms with Crippen LogP contribution in [0.25, 0.3) is 0 Å². The molecule has 0 radical (unpaired) electrons. The van der Waals surface area contributed by atoms with Gasteiger partial charge in [-0.05, 0) is 13.3 Å². The molecule has 1 aliphatic rings. The summed E-state index contributed by atoms with van der Waals surface area (Å²) in [4.78, 5) is 10.7. The van der Waals surface area contributed by atoms with Crippen molar-refractivity contribution in [3.63, 3.8) is 0 Å². The Morgan fingerprint density at radius 2 is 2.20 bits per heavy atom. The van der Waals surface area contributed by atoms with E-state index in [0.29, 0.717) is 6.42 Å². The van der Waals surface area contributed by atoms with Crippen molar-refractivity contribution in [2.75, 3.05) is 20.2 Å². The highest BCUT2D eigenvalue weighted by atomic mass is 32.2. The van der Waals surface area contributed by atoms with Crippen molar-refractivity contribution in [3.05, 3.63) is 0 Å². The Morgan fingerprint density at radius 1 is 1.60 bits per heavy atom. The number of ether oxygens (including phenoxy) is 1. The molecule has 1 heterocycles. The van der Waals surface area contributed by atoms with Crippen LogP contribution in [0.2, 0.25) is 0 Å². The standard InChI is InChI=1S/C7H14N2O5S/c1-7(11)3-4-9(5-7)15(12,13)8-6(10)14-2/h11H,3-5H2,1-2H3,(H,8,10). The Labute approximate surface area is 88.2 Å². The third-order valence-corrected chi connectivity index (χ3v) is 3.57. The normalized spacial score (nSPS) is 27.7. The number of carbonyl (C=O) groups excluding carboxylic acids is 1. The lowest BCUT2D eigenvalue weighted by atomic mass is 10.1. The van der Waals surface area contributed by atoms with Gasteiger partial charge in [-0.1, -0.05) is 0 Å². The van der Waals surface area contributed by atoms with Gasteiger partial charge in [0.25, 0.3) is 0 Å². The molecular weight excluding hydrogens is 224 g/mol. The molecule has 0 aromatic rings. The van der Waals surface area contributed by atoms with E-state index in [0.717, 1.165) is 11.4 Å². The van der Waals surface area contributed by atoms with Crippen LogP contribution in [0.15, 0.2) is 0 Å². The molecular formula is C7H14N2O5S. The van der Waals surface area contributed by atoms with Crippen molar-refractivity contribution in [2.24, 2.45) is 0 Å². The summed E-state index contributed by atoms with van der Waals surface area (Å²) in [6, 6.07) is 0. The van der Waals surface area contributed by atoms with Gasteiger partial charge in [0, 0.05) is 13.1 Å². The lowest BCUT2D eigenvalue weighted by molar-refractivity contribution is 0.0761. The van der Waals surface area contributed by atoms with E-state index in [-0.39, 0.29) is 13.1 Å². The Hall–Kier alpha value is -0.860. The highest BCUT2D eigenvalue weighted by Gasteiger charge is 2.38. The Balaban J connectivity index is 2.68. The largest absolute Gasteiger partial charge is 0.452 e. The van der Waals surface area contributed by atoms with Crippen LogP contribution >= 0.6 is 0 Å². The number of nitrogens with zero attached hydrogens (tertiary/aromatic N) is 1. The maximum Gasteiger partial charge on any atom is 0.421 e. The topological polar surface area (TPSA) is 95.9 Å². The maximum atomic E-state index is 11.5. The van der Waals surface area contributed by atoms with E-state index in [2.05, 4.69) is 4.74 Å². The number of carbonyl (C=O) groups is 1. The first-order valence-electron chi connectivity index (χ1n) is 4.35. The molecule has 0 aromatic heterocycles. The number of aliphatic hydroxyl groups is 1. The van der Waals surface area contributed by atoms with Gasteiger partial charge in [-0.2, -0.15) is 12.7 Å². The fourth-order valence-electron chi connectivity index (χ4n) is 1.32. The van der Waals surface area contributed by atoms with Crippen LogP contribution in [0, 0.1) is 0 Å². The van der Waals surface area contributed by atoms with Crippen LogP contribution in [-0.2, 0) is 14.9 Å². The van der Waals surface area contributed by atoms with Crippen LogP contribution in [0.4, 0.5) is 4.79 Å². The maximum absolute atomic E-state index is 11.5. The van der Waals surface area contributed by atoms with E-state index in [1.165, 1.54) is 0 Å². The van der Waals surface area contributed by atoms with Gasteiger partial charge in [0.2, 0.25) is 0 Å². The molecule has 0 saturated carbocycles. The molecule has 1 unspecified atom stereocenters. The molecule has 1 rings (SSSR count). The molecule has 1 fully saturated rings. The van der Waals surface area contributed by atoms with Gasteiger partial charge in [0.05, 0.1) is 12.7 Å². The fraction of sp³-hybridized carbons (Fsp3) is 0.857. The molecule has 2 N–H and O–H groups in total. The molecule has 1 aliphatic heterocycles. The first-order chi connectivity index (χ1) is 6.77. The van der Waals surface area contributed by atoms with Gasteiger partial charge < -0.3 is 9.84 Å². The van der Waals surface area contributed by atoms with Gasteiger partial charge in [0.1, 0.15) is 0 Å². The van der Waals surface area contributed by atoms with Gasteiger partial charge in [-0.15, -0.1) is 0 Å². The summed E-state index contributed by atoms with van der Waals surface area (Å²) in [6.45, 7) is 1.69. The summed E-state index contributed by atoms with van der Waals surface area (Å²) >= 11 is 0. The monoisotopic (exact) mass is 238 g/mol. The molecule has 7 nitrogen and oxygen atoms in total. The van der Waals surface area contributed by atoms with Crippen molar-refractivity contribution in [1.82, 2.24) is 9.03 Å². The van der Waals surface area contributed by atoms with Crippen molar-refractivity contribution >= 4 is 16.3 Å². The lowest BCUT2D eigenvalue weighted by Crippen LogP contribution is -2.43. The summed E-state index contributed by atoms with van der Waals surface area (Å²) in [5.74, 6) is 0. The fourth-order valence-corrected chi connectivity index (χ4v) is 2.52. The van der Waals surface area contributed by atoms with E-state index in [4.69, 9.17) is 0 Å². The van der Waals surface area contributed by atoms with Gasteiger partial charge in [0.15, 0.2) is 0 Å². The van der Waals surface area contributed by atoms with Gasteiger partial charge in [-0.25, -0.2) is 9.52 Å². The molecule has 1 amide bonds. The second kappa shape index (κ2) is 3.95. The summed E-state index contributed by atoms with van der Waals surface area (Å²) in [7, 11) is -2.82. The summed E-state index contributed by atoms with van der Waals surface area (Å²) in [5, 5.41) is 9.57.